The van der Waals surface area contributed by atoms with Crippen LogP contribution < -0.4 is 0 Å². The van der Waals surface area contributed by atoms with Gasteiger partial charge >= 0.3 is 11.9 Å². The summed E-state index contributed by atoms with van der Waals surface area (Å²) in [4.78, 5) is 29.7. The van der Waals surface area contributed by atoms with Crippen molar-refractivity contribution in [2.45, 2.75) is 18.4 Å². The highest BCUT2D eigenvalue weighted by atomic mass is 16.6. The molecule has 0 amide bonds. The van der Waals surface area contributed by atoms with E-state index in [2.05, 4.69) is 9.88 Å². The molecule has 4 aliphatic heterocycles. The molecule has 6 rings (SSSR count). The maximum absolute atomic E-state index is 12.2. The number of aromatic amines is 1. The molecule has 0 radical (unpaired) electrons. The number of benzene rings is 1. The van der Waals surface area contributed by atoms with Gasteiger partial charge in [0.05, 0.1) is 5.57 Å². The normalized spacial score (nSPS) is 23.0. The van der Waals surface area contributed by atoms with Crippen molar-refractivity contribution in [2.75, 3.05) is 13.1 Å². The van der Waals surface area contributed by atoms with Crippen LogP contribution in [-0.4, -0.2) is 40.5 Å². The quantitative estimate of drug-likeness (QED) is 0.810. The summed E-state index contributed by atoms with van der Waals surface area (Å²) < 4.78 is 11.5. The lowest BCUT2D eigenvalue weighted by Gasteiger charge is -2.49. The number of carbonyl (C=O) groups is 2. The molecule has 1 aromatic heterocycles. The Hall–Kier alpha value is -3.02. The van der Waals surface area contributed by atoms with Crippen LogP contribution in [0.15, 0.2) is 48.5 Å². The number of hydrogen-bond acceptors (Lipinski definition) is 5. The number of hydrogen-bond donors (Lipinski definition) is 1. The number of para-hydroxylation sites is 1. The molecule has 1 aromatic carbocycles. The van der Waals surface area contributed by atoms with Gasteiger partial charge in [-0.15, -0.1) is 0 Å². The average Bonchev–Trinajstić information content (AvgIpc) is 3.04. The van der Waals surface area contributed by atoms with E-state index in [4.69, 9.17) is 9.47 Å². The van der Waals surface area contributed by atoms with Crippen molar-refractivity contribution in [1.29, 1.82) is 0 Å². The molecule has 4 aliphatic rings. The largest absolute Gasteiger partial charge is 0.451 e. The SMILES string of the molecule is O=C1/C=C/C(=O)OC23CCN(CC2)C(=C3c2c[nH]c3ccccc23)O1. The number of esters is 2. The highest BCUT2D eigenvalue weighted by Gasteiger charge is 2.51. The molecule has 25 heavy (non-hydrogen) atoms. The Morgan fingerprint density at radius 2 is 1.80 bits per heavy atom. The molecule has 1 spiro atoms. The minimum Gasteiger partial charge on any atom is -0.451 e. The third kappa shape index (κ3) is 2.03. The van der Waals surface area contributed by atoms with Crippen molar-refractivity contribution in [1.82, 2.24) is 9.88 Å². The van der Waals surface area contributed by atoms with Gasteiger partial charge in [0, 0.05) is 60.7 Å². The highest BCUT2D eigenvalue weighted by molar-refractivity contribution is 5.99. The van der Waals surface area contributed by atoms with Crippen LogP contribution in [0.2, 0.25) is 0 Å². The number of rotatable bonds is 1. The first kappa shape index (κ1) is 14.3. The Labute approximate surface area is 143 Å². The lowest BCUT2D eigenvalue weighted by molar-refractivity contribution is -0.153. The van der Waals surface area contributed by atoms with Gasteiger partial charge in [0.2, 0.25) is 5.88 Å². The molecular formula is C19H16N2O4. The van der Waals surface area contributed by atoms with E-state index in [-0.39, 0.29) is 0 Å². The van der Waals surface area contributed by atoms with Crippen LogP contribution in [0.1, 0.15) is 18.4 Å². The predicted molar refractivity (Wildman–Crippen MR) is 90.1 cm³/mol. The number of H-pyrrole nitrogens is 1. The Morgan fingerprint density at radius 1 is 1.04 bits per heavy atom. The van der Waals surface area contributed by atoms with Crippen molar-refractivity contribution < 1.29 is 19.1 Å². The summed E-state index contributed by atoms with van der Waals surface area (Å²) in [6.45, 7) is 1.39. The van der Waals surface area contributed by atoms with Crippen LogP contribution in [0.5, 0.6) is 0 Å². The second-order valence-electron chi connectivity index (χ2n) is 6.58. The first-order valence-electron chi connectivity index (χ1n) is 8.35. The summed E-state index contributed by atoms with van der Waals surface area (Å²) in [6.07, 6.45) is 5.54. The van der Waals surface area contributed by atoms with Gasteiger partial charge in [-0.3, -0.25) is 0 Å². The molecule has 5 heterocycles. The topological polar surface area (TPSA) is 71.6 Å². The molecule has 0 unspecified atom stereocenters. The van der Waals surface area contributed by atoms with E-state index < -0.39 is 17.5 Å². The fraction of sp³-hybridized carbons (Fsp3) is 0.263. The van der Waals surface area contributed by atoms with Crippen LogP contribution in [0.3, 0.4) is 0 Å². The smallest absolute Gasteiger partial charge is 0.337 e. The van der Waals surface area contributed by atoms with Gasteiger partial charge in [-0.1, -0.05) is 18.2 Å². The zero-order chi connectivity index (χ0) is 17.0. The summed E-state index contributed by atoms with van der Waals surface area (Å²) in [5, 5.41) is 1.02. The Balaban J connectivity index is 1.80. The lowest BCUT2D eigenvalue weighted by atomic mass is 9.76. The molecule has 0 atom stereocenters. The Kier molecular flexibility index (Phi) is 2.86. The first-order valence-corrected chi connectivity index (χ1v) is 8.35. The summed E-state index contributed by atoms with van der Waals surface area (Å²) in [5.74, 6) is -0.564. The molecule has 126 valence electrons. The molecule has 3 bridgehead atoms. The molecule has 1 N–H and O–H groups in total. The van der Waals surface area contributed by atoms with Gasteiger partial charge < -0.3 is 19.4 Å². The van der Waals surface area contributed by atoms with Crippen molar-refractivity contribution in [3.05, 3.63) is 54.1 Å². The van der Waals surface area contributed by atoms with E-state index in [1.807, 2.05) is 30.5 Å². The maximum atomic E-state index is 12.2. The van der Waals surface area contributed by atoms with Crippen LogP contribution in [-0.2, 0) is 19.1 Å². The molecule has 1 saturated heterocycles. The van der Waals surface area contributed by atoms with Crippen molar-refractivity contribution in [3.63, 3.8) is 0 Å². The highest BCUT2D eigenvalue weighted by Crippen LogP contribution is 2.49. The summed E-state index contributed by atoms with van der Waals surface area (Å²) in [6, 6.07) is 7.93. The van der Waals surface area contributed by atoms with E-state index in [0.717, 1.165) is 34.2 Å². The Bertz CT molecular complexity index is 961. The summed E-state index contributed by atoms with van der Waals surface area (Å²) in [7, 11) is 0. The van der Waals surface area contributed by atoms with Gasteiger partial charge in [-0.05, 0) is 6.07 Å². The molecule has 0 saturated carbocycles. The van der Waals surface area contributed by atoms with Gasteiger partial charge in [0.25, 0.3) is 0 Å². The van der Waals surface area contributed by atoms with Crippen LogP contribution in [0.4, 0.5) is 0 Å². The van der Waals surface area contributed by atoms with Gasteiger partial charge in [-0.2, -0.15) is 0 Å². The summed E-state index contributed by atoms with van der Waals surface area (Å²) >= 11 is 0. The lowest BCUT2D eigenvalue weighted by Crippen LogP contribution is -2.53. The van der Waals surface area contributed by atoms with E-state index in [0.29, 0.717) is 31.8 Å². The zero-order valence-electron chi connectivity index (χ0n) is 13.5. The van der Waals surface area contributed by atoms with Crippen molar-refractivity contribution >= 4 is 28.4 Å². The number of ether oxygens (including phenoxy) is 2. The maximum Gasteiger partial charge on any atom is 0.337 e. The average molecular weight is 336 g/mol. The predicted octanol–water partition coefficient (Wildman–Crippen LogP) is 2.34. The molecule has 1 fully saturated rings. The van der Waals surface area contributed by atoms with E-state index >= 15 is 0 Å². The number of nitrogens with one attached hydrogen (secondary N) is 1. The standard InChI is InChI=1S/C19H16N2O4/c22-15-5-6-16(23)25-19-7-9-21(10-8-19)18(24-15)17(19)13-11-20-14-4-2-1-3-12(13)14/h1-6,11,20H,7-10H2/b6-5+. The second kappa shape index (κ2) is 4.99. The van der Waals surface area contributed by atoms with Crippen molar-refractivity contribution in [3.8, 4) is 0 Å². The van der Waals surface area contributed by atoms with Crippen LogP contribution in [0.25, 0.3) is 16.5 Å². The number of piperidine rings is 1. The number of aromatic nitrogens is 1. The van der Waals surface area contributed by atoms with E-state index in [1.54, 1.807) is 0 Å². The monoisotopic (exact) mass is 336 g/mol. The van der Waals surface area contributed by atoms with Crippen LogP contribution in [0, 0.1) is 0 Å². The minimum atomic E-state index is -0.763. The third-order valence-electron chi connectivity index (χ3n) is 5.24. The first-order chi connectivity index (χ1) is 12.2. The molecule has 6 nitrogen and oxygen atoms in total. The third-order valence-corrected chi connectivity index (χ3v) is 5.24. The van der Waals surface area contributed by atoms with Crippen LogP contribution >= 0.6 is 0 Å². The van der Waals surface area contributed by atoms with Crippen molar-refractivity contribution in [2.24, 2.45) is 0 Å². The number of carbonyl (C=O) groups excluding carboxylic acids is 2. The molecular weight excluding hydrogens is 320 g/mol. The van der Waals surface area contributed by atoms with Gasteiger partial charge in [0.15, 0.2) is 0 Å². The second-order valence-corrected chi connectivity index (χ2v) is 6.58. The summed E-state index contributed by atoms with van der Waals surface area (Å²) in [5.41, 5.74) is 1.92. The zero-order valence-corrected chi connectivity index (χ0v) is 13.5. The van der Waals surface area contributed by atoms with Gasteiger partial charge in [-0.25, -0.2) is 9.59 Å². The molecule has 0 aliphatic carbocycles. The van der Waals surface area contributed by atoms with Gasteiger partial charge in [0.1, 0.15) is 5.60 Å². The fourth-order valence-electron chi connectivity index (χ4n) is 4.07. The number of fused-ring (bicyclic) bond motifs is 3. The van der Waals surface area contributed by atoms with E-state index in [9.17, 15) is 9.59 Å². The number of nitrogens with zero attached hydrogens (tertiary/aromatic N) is 1. The Morgan fingerprint density at radius 3 is 2.64 bits per heavy atom. The molecule has 2 aromatic rings. The fourth-order valence-corrected chi connectivity index (χ4v) is 4.07. The minimum absolute atomic E-state index is 0.506. The molecule has 6 heteroatoms. The van der Waals surface area contributed by atoms with E-state index in [1.165, 1.54) is 0 Å².